The Kier molecular flexibility index (Phi) is 3.58. The van der Waals surface area contributed by atoms with Crippen molar-refractivity contribution in [1.82, 2.24) is 9.38 Å². The Labute approximate surface area is 126 Å². The molecule has 0 spiro atoms. The summed E-state index contributed by atoms with van der Waals surface area (Å²) in [6, 6.07) is 9.75. The number of hydrogen-bond donors (Lipinski definition) is 0. The molecule has 0 bridgehead atoms. The number of thiazole rings is 1. The predicted molar refractivity (Wildman–Crippen MR) is 89.0 cm³/mol. The SMILES string of the molecule is CN(C)c1ccc(/C=C/c2cc(=O)n3ccsc3n2)cc1. The second-order valence-corrected chi connectivity index (χ2v) is 5.77. The molecule has 0 saturated heterocycles. The minimum Gasteiger partial charge on any atom is -0.378 e. The van der Waals surface area contributed by atoms with E-state index in [4.69, 9.17) is 0 Å². The monoisotopic (exact) mass is 297 g/mol. The van der Waals surface area contributed by atoms with Gasteiger partial charge in [0, 0.05) is 37.4 Å². The van der Waals surface area contributed by atoms with Crippen LogP contribution in [-0.4, -0.2) is 23.5 Å². The molecule has 0 saturated carbocycles. The fourth-order valence-electron chi connectivity index (χ4n) is 2.01. The zero-order chi connectivity index (χ0) is 14.8. The predicted octanol–water partition coefficient (Wildman–Crippen LogP) is 2.99. The number of nitrogens with zero attached hydrogens (tertiary/aromatic N) is 3. The molecule has 21 heavy (non-hydrogen) atoms. The molecular formula is C16H15N3OS. The molecule has 2 heterocycles. The number of aromatic nitrogens is 2. The van der Waals surface area contributed by atoms with Crippen molar-refractivity contribution in [3.05, 3.63) is 63.5 Å². The van der Waals surface area contributed by atoms with E-state index in [2.05, 4.69) is 22.0 Å². The highest BCUT2D eigenvalue weighted by molar-refractivity contribution is 7.15. The molecule has 0 N–H and O–H groups in total. The minimum absolute atomic E-state index is 0.0520. The first-order chi connectivity index (χ1) is 10.1. The average Bonchev–Trinajstić information content (AvgIpc) is 2.94. The normalized spacial score (nSPS) is 11.3. The second kappa shape index (κ2) is 5.54. The maximum Gasteiger partial charge on any atom is 0.259 e. The summed E-state index contributed by atoms with van der Waals surface area (Å²) in [6.07, 6.45) is 5.57. The molecule has 0 unspecified atom stereocenters. The molecular weight excluding hydrogens is 282 g/mol. The molecule has 0 fully saturated rings. The molecule has 0 radical (unpaired) electrons. The number of fused-ring (bicyclic) bond motifs is 1. The van der Waals surface area contributed by atoms with Crippen molar-refractivity contribution in [3.8, 4) is 0 Å². The van der Waals surface area contributed by atoms with E-state index >= 15 is 0 Å². The molecule has 0 aliphatic carbocycles. The smallest absolute Gasteiger partial charge is 0.259 e. The van der Waals surface area contributed by atoms with Gasteiger partial charge in [0.05, 0.1) is 5.69 Å². The summed E-state index contributed by atoms with van der Waals surface area (Å²) < 4.78 is 1.55. The molecule has 3 rings (SSSR count). The van der Waals surface area contributed by atoms with Crippen LogP contribution >= 0.6 is 11.3 Å². The first kappa shape index (κ1) is 13.6. The fourth-order valence-corrected chi connectivity index (χ4v) is 2.74. The van der Waals surface area contributed by atoms with Crippen molar-refractivity contribution in [2.24, 2.45) is 0 Å². The van der Waals surface area contributed by atoms with Gasteiger partial charge in [0.25, 0.3) is 5.56 Å². The van der Waals surface area contributed by atoms with Crippen LogP contribution in [0.2, 0.25) is 0 Å². The largest absolute Gasteiger partial charge is 0.378 e. The van der Waals surface area contributed by atoms with Gasteiger partial charge < -0.3 is 4.90 Å². The zero-order valence-electron chi connectivity index (χ0n) is 11.9. The summed E-state index contributed by atoms with van der Waals surface area (Å²) in [6.45, 7) is 0. The summed E-state index contributed by atoms with van der Waals surface area (Å²) >= 11 is 1.45. The van der Waals surface area contributed by atoms with Crippen molar-refractivity contribution in [2.75, 3.05) is 19.0 Å². The first-order valence-electron chi connectivity index (χ1n) is 6.56. The van der Waals surface area contributed by atoms with Gasteiger partial charge in [0.1, 0.15) is 0 Å². The Morgan fingerprint density at radius 3 is 2.67 bits per heavy atom. The topological polar surface area (TPSA) is 37.6 Å². The number of hydrogen-bond acceptors (Lipinski definition) is 4. The fraction of sp³-hybridized carbons (Fsp3) is 0.125. The number of benzene rings is 1. The van der Waals surface area contributed by atoms with Gasteiger partial charge in [-0.1, -0.05) is 18.2 Å². The molecule has 3 aromatic rings. The van der Waals surface area contributed by atoms with E-state index in [1.165, 1.54) is 11.3 Å². The van der Waals surface area contributed by atoms with E-state index in [9.17, 15) is 4.79 Å². The molecule has 5 heteroatoms. The lowest BCUT2D eigenvalue weighted by atomic mass is 10.2. The molecule has 4 nitrogen and oxygen atoms in total. The van der Waals surface area contributed by atoms with Gasteiger partial charge in [-0.2, -0.15) is 0 Å². The Bertz CT molecular complexity index is 844. The standard InChI is InChI=1S/C16H15N3OS/c1-18(2)14-7-4-12(5-8-14)3-6-13-11-15(20)19-9-10-21-16(19)17-13/h3-11H,1-2H3/b6-3+. The van der Waals surface area contributed by atoms with Crippen molar-refractivity contribution in [2.45, 2.75) is 0 Å². The van der Waals surface area contributed by atoms with E-state index in [0.29, 0.717) is 10.7 Å². The van der Waals surface area contributed by atoms with E-state index in [1.54, 1.807) is 16.7 Å². The molecule has 0 amide bonds. The lowest BCUT2D eigenvalue weighted by Crippen LogP contribution is -2.11. The van der Waals surface area contributed by atoms with Gasteiger partial charge in [-0.3, -0.25) is 9.20 Å². The Morgan fingerprint density at radius 1 is 1.19 bits per heavy atom. The van der Waals surface area contributed by atoms with Crippen LogP contribution in [0.25, 0.3) is 17.1 Å². The Balaban J connectivity index is 1.88. The van der Waals surface area contributed by atoms with Gasteiger partial charge >= 0.3 is 0 Å². The third kappa shape index (κ3) is 2.87. The van der Waals surface area contributed by atoms with E-state index < -0.39 is 0 Å². The van der Waals surface area contributed by atoms with Crippen LogP contribution in [0.3, 0.4) is 0 Å². The van der Waals surface area contributed by atoms with Gasteiger partial charge in [0.2, 0.25) is 0 Å². The Morgan fingerprint density at radius 2 is 1.95 bits per heavy atom. The second-order valence-electron chi connectivity index (χ2n) is 4.89. The van der Waals surface area contributed by atoms with E-state index in [0.717, 1.165) is 11.3 Å². The van der Waals surface area contributed by atoms with Crippen LogP contribution in [-0.2, 0) is 0 Å². The lowest BCUT2D eigenvalue weighted by molar-refractivity contribution is 1.07. The molecule has 1 aromatic carbocycles. The van der Waals surface area contributed by atoms with Crippen molar-refractivity contribution in [1.29, 1.82) is 0 Å². The van der Waals surface area contributed by atoms with E-state index in [-0.39, 0.29) is 5.56 Å². The molecule has 0 aliphatic heterocycles. The maximum absolute atomic E-state index is 11.9. The van der Waals surface area contributed by atoms with Crippen LogP contribution in [0.4, 0.5) is 5.69 Å². The summed E-state index contributed by atoms with van der Waals surface area (Å²) in [4.78, 5) is 19.1. The number of anilines is 1. The quantitative estimate of drug-likeness (QED) is 0.746. The summed E-state index contributed by atoms with van der Waals surface area (Å²) in [5, 5.41) is 1.86. The van der Waals surface area contributed by atoms with Crippen LogP contribution in [0.15, 0.2) is 46.7 Å². The van der Waals surface area contributed by atoms with Gasteiger partial charge in [-0.25, -0.2) is 4.98 Å². The number of rotatable bonds is 3. The molecule has 106 valence electrons. The van der Waals surface area contributed by atoms with E-state index in [1.807, 2.05) is 43.8 Å². The summed E-state index contributed by atoms with van der Waals surface area (Å²) in [5.41, 5.74) is 2.86. The summed E-state index contributed by atoms with van der Waals surface area (Å²) in [7, 11) is 4.02. The van der Waals surface area contributed by atoms with Crippen molar-refractivity contribution < 1.29 is 0 Å². The van der Waals surface area contributed by atoms with Gasteiger partial charge in [-0.15, -0.1) is 11.3 Å². The third-order valence-corrected chi connectivity index (χ3v) is 3.94. The van der Waals surface area contributed by atoms with Crippen molar-refractivity contribution >= 4 is 34.1 Å². The van der Waals surface area contributed by atoms with Crippen LogP contribution in [0.1, 0.15) is 11.3 Å². The highest BCUT2D eigenvalue weighted by Gasteiger charge is 2.00. The summed E-state index contributed by atoms with van der Waals surface area (Å²) in [5.74, 6) is 0. The van der Waals surface area contributed by atoms with Crippen LogP contribution < -0.4 is 10.5 Å². The first-order valence-corrected chi connectivity index (χ1v) is 7.44. The lowest BCUT2D eigenvalue weighted by Gasteiger charge is -2.11. The highest BCUT2D eigenvalue weighted by atomic mass is 32.1. The molecule has 0 atom stereocenters. The Hall–Kier alpha value is -2.40. The van der Waals surface area contributed by atoms with Crippen molar-refractivity contribution in [3.63, 3.8) is 0 Å². The molecule has 2 aromatic heterocycles. The highest BCUT2D eigenvalue weighted by Crippen LogP contribution is 2.14. The average molecular weight is 297 g/mol. The van der Waals surface area contributed by atoms with Gasteiger partial charge in [-0.05, 0) is 23.8 Å². The molecule has 0 aliphatic rings. The van der Waals surface area contributed by atoms with Crippen LogP contribution in [0.5, 0.6) is 0 Å². The third-order valence-electron chi connectivity index (χ3n) is 3.18. The maximum atomic E-state index is 11.9. The van der Waals surface area contributed by atoms with Gasteiger partial charge in [0.15, 0.2) is 4.96 Å². The zero-order valence-corrected chi connectivity index (χ0v) is 12.7. The van der Waals surface area contributed by atoms with Crippen LogP contribution in [0, 0.1) is 0 Å². The minimum atomic E-state index is -0.0520.